The minimum atomic E-state index is -0.129. The van der Waals surface area contributed by atoms with Crippen LogP contribution in [0, 0.1) is 11.8 Å². The molecule has 28 heavy (non-hydrogen) atoms. The summed E-state index contributed by atoms with van der Waals surface area (Å²) in [6, 6.07) is 12.7. The molecule has 148 valence electrons. The average Bonchev–Trinajstić information content (AvgIpc) is 3.26. The molecule has 1 aliphatic carbocycles. The first-order valence-electron chi connectivity index (χ1n) is 10.0. The molecule has 0 unspecified atom stereocenters. The highest BCUT2D eigenvalue weighted by molar-refractivity contribution is 7.10. The number of hydrogen-bond acceptors (Lipinski definition) is 4. The molecule has 2 aliphatic rings. The highest BCUT2D eigenvalue weighted by Gasteiger charge is 2.39. The molecule has 1 aliphatic heterocycles. The Morgan fingerprint density at radius 2 is 2.00 bits per heavy atom. The van der Waals surface area contributed by atoms with Crippen LogP contribution in [0.1, 0.15) is 35.4 Å². The molecule has 1 aromatic carbocycles. The summed E-state index contributed by atoms with van der Waals surface area (Å²) in [6.45, 7) is 4.55. The maximum atomic E-state index is 12.3. The predicted molar refractivity (Wildman–Crippen MR) is 111 cm³/mol. The summed E-state index contributed by atoms with van der Waals surface area (Å²) in [5.74, 6) is 0.420. The van der Waals surface area contributed by atoms with Crippen LogP contribution in [-0.4, -0.2) is 36.3 Å². The van der Waals surface area contributed by atoms with Crippen LogP contribution in [0.4, 0.5) is 0 Å². The lowest BCUT2D eigenvalue weighted by atomic mass is 10.0. The van der Waals surface area contributed by atoms with Gasteiger partial charge in [0.1, 0.15) is 0 Å². The first-order chi connectivity index (χ1) is 13.6. The van der Waals surface area contributed by atoms with Gasteiger partial charge in [-0.05, 0) is 41.3 Å². The van der Waals surface area contributed by atoms with Crippen LogP contribution >= 0.6 is 11.3 Å². The fourth-order valence-corrected chi connectivity index (χ4v) is 4.82. The van der Waals surface area contributed by atoms with Gasteiger partial charge in [-0.25, -0.2) is 0 Å². The van der Waals surface area contributed by atoms with Gasteiger partial charge in [0.15, 0.2) is 0 Å². The number of nitrogens with zero attached hydrogens (tertiary/aromatic N) is 1. The summed E-state index contributed by atoms with van der Waals surface area (Å²) >= 11 is 1.83. The Morgan fingerprint density at radius 1 is 1.21 bits per heavy atom. The summed E-state index contributed by atoms with van der Waals surface area (Å²) in [5, 5.41) is 7.96. The van der Waals surface area contributed by atoms with Gasteiger partial charge in [0.2, 0.25) is 11.8 Å². The number of carbonyl (C=O) groups excluding carboxylic acids is 2. The highest BCUT2D eigenvalue weighted by Crippen LogP contribution is 2.37. The first-order valence-corrected chi connectivity index (χ1v) is 10.9. The summed E-state index contributed by atoms with van der Waals surface area (Å²) in [4.78, 5) is 28.1. The van der Waals surface area contributed by atoms with E-state index >= 15 is 0 Å². The number of fused-ring (bicyclic) bond motifs is 1. The van der Waals surface area contributed by atoms with Gasteiger partial charge in [0.05, 0.1) is 12.6 Å². The zero-order valence-electron chi connectivity index (χ0n) is 16.2. The number of thiophene rings is 1. The molecule has 4 rings (SSSR count). The van der Waals surface area contributed by atoms with Crippen molar-refractivity contribution in [1.29, 1.82) is 0 Å². The van der Waals surface area contributed by atoms with Gasteiger partial charge in [-0.1, -0.05) is 37.3 Å². The van der Waals surface area contributed by atoms with Crippen molar-refractivity contribution < 1.29 is 9.59 Å². The number of amides is 2. The zero-order chi connectivity index (χ0) is 19.5. The largest absolute Gasteiger partial charge is 0.353 e. The molecule has 1 aromatic heterocycles. The smallest absolute Gasteiger partial charge is 0.239 e. The van der Waals surface area contributed by atoms with E-state index in [1.54, 1.807) is 0 Å². The molecule has 6 heteroatoms. The van der Waals surface area contributed by atoms with E-state index in [9.17, 15) is 9.59 Å². The molecular weight excluding hydrogens is 370 g/mol. The van der Waals surface area contributed by atoms with Crippen LogP contribution in [0.2, 0.25) is 0 Å². The molecule has 2 heterocycles. The molecule has 1 saturated carbocycles. The number of nitrogens with one attached hydrogen (secondary N) is 2. The van der Waals surface area contributed by atoms with Crippen molar-refractivity contribution >= 4 is 23.2 Å². The third-order valence-electron chi connectivity index (χ3n) is 5.82. The van der Waals surface area contributed by atoms with E-state index in [1.165, 1.54) is 16.0 Å². The van der Waals surface area contributed by atoms with Crippen LogP contribution in [0.5, 0.6) is 0 Å². The number of hydrogen-bond donors (Lipinski definition) is 2. The summed E-state index contributed by atoms with van der Waals surface area (Å²) in [6.07, 6.45) is 1.99. The van der Waals surface area contributed by atoms with Crippen molar-refractivity contribution in [1.82, 2.24) is 15.5 Å². The quantitative estimate of drug-likeness (QED) is 0.755. The molecule has 0 bridgehead atoms. The van der Waals surface area contributed by atoms with E-state index in [-0.39, 0.29) is 30.3 Å². The van der Waals surface area contributed by atoms with E-state index in [1.807, 2.05) is 29.5 Å². The average molecular weight is 398 g/mol. The second kappa shape index (κ2) is 8.45. The van der Waals surface area contributed by atoms with Crippen molar-refractivity contribution in [2.75, 3.05) is 19.6 Å². The Kier molecular flexibility index (Phi) is 5.78. The zero-order valence-corrected chi connectivity index (χ0v) is 17.0. The molecular formula is C22H27N3O2S. The van der Waals surface area contributed by atoms with Crippen molar-refractivity contribution in [2.45, 2.75) is 32.4 Å². The van der Waals surface area contributed by atoms with Gasteiger partial charge >= 0.3 is 0 Å². The van der Waals surface area contributed by atoms with Gasteiger partial charge in [-0.15, -0.1) is 11.3 Å². The first kappa shape index (κ1) is 19.2. The van der Waals surface area contributed by atoms with Crippen LogP contribution in [0.15, 0.2) is 41.8 Å². The normalized spacial score (nSPS) is 22.2. The maximum Gasteiger partial charge on any atom is 0.239 e. The Labute approximate surface area is 170 Å². The molecule has 5 nitrogen and oxygen atoms in total. The lowest BCUT2D eigenvalue weighted by Gasteiger charge is -2.35. The minimum Gasteiger partial charge on any atom is -0.353 e. The highest BCUT2D eigenvalue weighted by atomic mass is 32.1. The van der Waals surface area contributed by atoms with Gasteiger partial charge in [-0.2, -0.15) is 0 Å². The second-order valence-corrected chi connectivity index (χ2v) is 8.86. The Hall–Kier alpha value is -2.18. The number of benzene rings is 1. The summed E-state index contributed by atoms with van der Waals surface area (Å²) in [7, 11) is 0. The van der Waals surface area contributed by atoms with E-state index in [0.29, 0.717) is 12.5 Å². The molecule has 1 fully saturated rings. The molecule has 2 amide bonds. The van der Waals surface area contributed by atoms with Crippen LogP contribution in [0.3, 0.4) is 0 Å². The Bertz CT molecular complexity index is 835. The fourth-order valence-electron chi connectivity index (χ4n) is 3.93. The van der Waals surface area contributed by atoms with E-state index in [0.717, 1.165) is 25.9 Å². The molecule has 0 radical (unpaired) electrons. The Balaban J connectivity index is 1.36. The Morgan fingerprint density at radius 3 is 2.75 bits per heavy atom. The van der Waals surface area contributed by atoms with Gasteiger partial charge < -0.3 is 10.6 Å². The van der Waals surface area contributed by atoms with E-state index in [4.69, 9.17) is 0 Å². The van der Waals surface area contributed by atoms with Gasteiger partial charge in [0.25, 0.3) is 0 Å². The topological polar surface area (TPSA) is 61.4 Å². The summed E-state index contributed by atoms with van der Waals surface area (Å²) < 4.78 is 0. The van der Waals surface area contributed by atoms with E-state index in [2.05, 4.69) is 46.0 Å². The third kappa shape index (κ3) is 4.45. The van der Waals surface area contributed by atoms with Crippen molar-refractivity contribution in [3.63, 3.8) is 0 Å². The fraction of sp³-hybridized carbons (Fsp3) is 0.455. The second-order valence-electron chi connectivity index (χ2n) is 7.86. The van der Waals surface area contributed by atoms with Crippen LogP contribution < -0.4 is 10.6 Å². The monoisotopic (exact) mass is 397 g/mol. The molecule has 3 atom stereocenters. The lowest BCUT2D eigenvalue weighted by molar-refractivity contribution is -0.127. The number of rotatable bonds is 7. The minimum absolute atomic E-state index is 0.00303. The van der Waals surface area contributed by atoms with Gasteiger partial charge in [0, 0.05) is 30.4 Å². The van der Waals surface area contributed by atoms with Crippen molar-refractivity contribution in [3.05, 3.63) is 57.8 Å². The van der Waals surface area contributed by atoms with Crippen molar-refractivity contribution in [3.8, 4) is 0 Å². The summed E-state index contributed by atoms with van der Waals surface area (Å²) in [5.41, 5.74) is 2.60. The predicted octanol–water partition coefficient (Wildman–Crippen LogP) is 2.74. The van der Waals surface area contributed by atoms with Crippen molar-refractivity contribution in [2.24, 2.45) is 11.8 Å². The molecule has 0 spiro atoms. The van der Waals surface area contributed by atoms with Crippen LogP contribution in [-0.2, 0) is 22.6 Å². The van der Waals surface area contributed by atoms with Crippen LogP contribution in [0.25, 0.3) is 0 Å². The lowest BCUT2D eigenvalue weighted by Crippen LogP contribution is -2.43. The number of carbonyl (C=O) groups is 2. The molecule has 2 aromatic rings. The molecule has 2 N–H and O–H groups in total. The molecule has 0 saturated heterocycles. The maximum absolute atomic E-state index is 12.3. The SMILES string of the molecule is C[C@@H]1C[C@@H]1C(=O)NCC(=O)NC[C@@H](c1ccccc1)N1CCc2sccc2C1. The standard InChI is InChI=1S/C22H27N3O2S/c1-15-11-18(15)22(27)24-13-21(26)23-12-19(16-5-3-2-4-6-16)25-9-7-20-17(14-25)8-10-28-20/h2-6,8,10,15,18-19H,7,9,11-14H2,1H3,(H,23,26)(H,24,27)/t15-,18+,19+/m1/s1. The van der Waals surface area contributed by atoms with Gasteiger partial charge in [-0.3, -0.25) is 14.5 Å². The third-order valence-corrected chi connectivity index (χ3v) is 6.85. The van der Waals surface area contributed by atoms with E-state index < -0.39 is 0 Å².